The summed E-state index contributed by atoms with van der Waals surface area (Å²) < 4.78 is 4.71. The van der Waals surface area contributed by atoms with E-state index in [1.54, 1.807) is 24.3 Å². The largest absolute Gasteiger partial charge is 0.375 e. The van der Waals surface area contributed by atoms with Crippen molar-refractivity contribution in [3.05, 3.63) is 24.3 Å². The number of benzene rings is 1. The molecule has 0 radical (unpaired) electrons. The minimum atomic E-state index is -0.238. The summed E-state index contributed by atoms with van der Waals surface area (Å²) in [5.41, 5.74) is 1.32. The summed E-state index contributed by atoms with van der Waals surface area (Å²) in [6, 6.07) is 6.62. The van der Waals surface area contributed by atoms with Crippen molar-refractivity contribution in [3.63, 3.8) is 0 Å². The summed E-state index contributed by atoms with van der Waals surface area (Å²) in [5.74, 6) is -0.219. The van der Waals surface area contributed by atoms with Crippen molar-refractivity contribution in [1.29, 1.82) is 0 Å². The molecular formula is C13H19N3O3. The minimum absolute atomic E-state index is 0.0133. The number of carbonyl (C=O) groups excluding carboxylic acids is 2. The Kier molecular flexibility index (Phi) is 6.38. The molecular weight excluding hydrogens is 246 g/mol. The minimum Gasteiger partial charge on any atom is -0.375 e. The van der Waals surface area contributed by atoms with Crippen LogP contribution in [-0.4, -0.2) is 32.2 Å². The second-order valence-electron chi connectivity index (χ2n) is 3.94. The molecule has 0 fully saturated rings. The van der Waals surface area contributed by atoms with Crippen molar-refractivity contribution in [2.24, 2.45) is 0 Å². The van der Waals surface area contributed by atoms with Crippen LogP contribution < -0.4 is 16.0 Å². The van der Waals surface area contributed by atoms with Crippen molar-refractivity contribution in [1.82, 2.24) is 5.32 Å². The molecule has 1 rings (SSSR count). The highest BCUT2D eigenvalue weighted by molar-refractivity contribution is 5.92. The average Bonchev–Trinajstić information content (AvgIpc) is 2.39. The van der Waals surface area contributed by atoms with Gasteiger partial charge < -0.3 is 20.7 Å². The molecule has 0 heterocycles. The van der Waals surface area contributed by atoms with E-state index in [1.165, 1.54) is 7.11 Å². The van der Waals surface area contributed by atoms with Crippen LogP contribution in [0.2, 0.25) is 0 Å². The Morgan fingerprint density at radius 3 is 2.21 bits per heavy atom. The number of methoxy groups -OCH3 is 1. The second-order valence-corrected chi connectivity index (χ2v) is 3.94. The molecule has 0 aliphatic rings. The summed E-state index contributed by atoms with van der Waals surface area (Å²) >= 11 is 0. The van der Waals surface area contributed by atoms with Crippen LogP contribution in [0.1, 0.15) is 13.3 Å². The molecule has 0 aliphatic heterocycles. The standard InChI is InChI=1S/C13H19N3O3/c1-3-8-14-13(18)16-11-6-4-10(5-7-11)15-12(17)9-19-2/h4-7H,3,8-9H2,1-2H3,(H,15,17)(H2,14,16,18). The number of amides is 3. The van der Waals surface area contributed by atoms with Crippen LogP contribution in [0.25, 0.3) is 0 Å². The molecule has 6 nitrogen and oxygen atoms in total. The molecule has 0 aromatic heterocycles. The van der Waals surface area contributed by atoms with Crippen LogP contribution in [0, 0.1) is 0 Å². The zero-order valence-electron chi connectivity index (χ0n) is 11.2. The van der Waals surface area contributed by atoms with Gasteiger partial charge in [-0.3, -0.25) is 4.79 Å². The van der Waals surface area contributed by atoms with Crippen molar-refractivity contribution >= 4 is 23.3 Å². The number of hydrogen-bond acceptors (Lipinski definition) is 3. The highest BCUT2D eigenvalue weighted by Crippen LogP contribution is 2.13. The molecule has 0 saturated carbocycles. The van der Waals surface area contributed by atoms with Gasteiger partial charge in [-0.05, 0) is 30.7 Å². The summed E-state index contributed by atoms with van der Waals surface area (Å²) in [6.45, 7) is 2.63. The number of hydrogen-bond donors (Lipinski definition) is 3. The number of anilines is 2. The molecule has 1 aromatic rings. The number of nitrogens with one attached hydrogen (secondary N) is 3. The van der Waals surface area contributed by atoms with Crippen molar-refractivity contribution in [2.45, 2.75) is 13.3 Å². The van der Waals surface area contributed by atoms with Crippen molar-refractivity contribution in [2.75, 3.05) is 30.9 Å². The lowest BCUT2D eigenvalue weighted by Gasteiger charge is -2.08. The fourth-order valence-electron chi connectivity index (χ4n) is 1.38. The molecule has 0 atom stereocenters. The van der Waals surface area contributed by atoms with Gasteiger partial charge in [-0.1, -0.05) is 6.92 Å². The fourth-order valence-corrected chi connectivity index (χ4v) is 1.38. The first-order chi connectivity index (χ1) is 9.15. The van der Waals surface area contributed by atoms with Crippen LogP contribution in [0.5, 0.6) is 0 Å². The Hall–Kier alpha value is -2.08. The first kappa shape index (κ1) is 15.0. The van der Waals surface area contributed by atoms with Gasteiger partial charge in [0.2, 0.25) is 5.91 Å². The third-order valence-corrected chi connectivity index (χ3v) is 2.24. The van der Waals surface area contributed by atoms with Gasteiger partial charge >= 0.3 is 6.03 Å². The molecule has 0 aliphatic carbocycles. The maximum absolute atomic E-state index is 11.4. The van der Waals surface area contributed by atoms with Crippen LogP contribution in [0.4, 0.5) is 16.2 Å². The van der Waals surface area contributed by atoms with E-state index in [2.05, 4.69) is 16.0 Å². The van der Waals surface area contributed by atoms with E-state index in [0.29, 0.717) is 17.9 Å². The van der Waals surface area contributed by atoms with Crippen LogP contribution in [-0.2, 0) is 9.53 Å². The Morgan fingerprint density at radius 2 is 1.68 bits per heavy atom. The van der Waals surface area contributed by atoms with E-state index >= 15 is 0 Å². The third-order valence-electron chi connectivity index (χ3n) is 2.24. The van der Waals surface area contributed by atoms with E-state index < -0.39 is 0 Å². The first-order valence-corrected chi connectivity index (χ1v) is 6.09. The van der Waals surface area contributed by atoms with E-state index in [9.17, 15) is 9.59 Å². The lowest BCUT2D eigenvalue weighted by Crippen LogP contribution is -2.29. The zero-order valence-corrected chi connectivity index (χ0v) is 11.2. The van der Waals surface area contributed by atoms with Gasteiger partial charge in [0.1, 0.15) is 6.61 Å². The highest BCUT2D eigenvalue weighted by atomic mass is 16.5. The first-order valence-electron chi connectivity index (χ1n) is 6.09. The van der Waals surface area contributed by atoms with Gasteiger partial charge in [0.25, 0.3) is 0 Å². The van der Waals surface area contributed by atoms with Gasteiger partial charge in [0, 0.05) is 25.0 Å². The fraction of sp³-hybridized carbons (Fsp3) is 0.385. The zero-order chi connectivity index (χ0) is 14.1. The Bertz CT molecular complexity index is 418. The lowest BCUT2D eigenvalue weighted by atomic mass is 10.3. The van der Waals surface area contributed by atoms with E-state index in [4.69, 9.17) is 4.74 Å². The van der Waals surface area contributed by atoms with Crippen molar-refractivity contribution in [3.8, 4) is 0 Å². The van der Waals surface area contributed by atoms with E-state index in [0.717, 1.165) is 6.42 Å². The second kappa shape index (κ2) is 8.10. The van der Waals surface area contributed by atoms with Crippen LogP contribution in [0.3, 0.4) is 0 Å². The predicted molar refractivity (Wildman–Crippen MR) is 74.3 cm³/mol. The number of urea groups is 1. The summed E-state index contributed by atoms with van der Waals surface area (Å²) in [4.78, 5) is 22.7. The number of carbonyl (C=O) groups is 2. The topological polar surface area (TPSA) is 79.5 Å². The van der Waals surface area contributed by atoms with Crippen LogP contribution >= 0.6 is 0 Å². The molecule has 3 amide bonds. The quantitative estimate of drug-likeness (QED) is 0.733. The number of rotatable bonds is 6. The third kappa shape index (κ3) is 5.87. The van der Waals surface area contributed by atoms with E-state index in [1.807, 2.05) is 6.92 Å². The van der Waals surface area contributed by atoms with Gasteiger partial charge in [0.15, 0.2) is 0 Å². The summed E-state index contributed by atoms with van der Waals surface area (Å²) in [5, 5.41) is 8.07. The Morgan fingerprint density at radius 1 is 1.11 bits per heavy atom. The lowest BCUT2D eigenvalue weighted by molar-refractivity contribution is -0.119. The SMILES string of the molecule is CCCNC(=O)Nc1ccc(NC(=O)COC)cc1. The molecule has 104 valence electrons. The Balaban J connectivity index is 2.47. The maximum Gasteiger partial charge on any atom is 0.319 e. The molecule has 0 unspecified atom stereocenters. The van der Waals surface area contributed by atoms with E-state index in [-0.39, 0.29) is 18.5 Å². The molecule has 0 bridgehead atoms. The molecule has 6 heteroatoms. The van der Waals surface area contributed by atoms with Gasteiger partial charge in [0.05, 0.1) is 0 Å². The smallest absolute Gasteiger partial charge is 0.319 e. The Labute approximate surface area is 112 Å². The molecule has 0 saturated heterocycles. The average molecular weight is 265 g/mol. The summed E-state index contributed by atoms with van der Waals surface area (Å²) in [7, 11) is 1.46. The maximum atomic E-state index is 11.4. The van der Waals surface area contributed by atoms with Gasteiger partial charge in [-0.25, -0.2) is 4.79 Å². The monoisotopic (exact) mass is 265 g/mol. The van der Waals surface area contributed by atoms with Crippen molar-refractivity contribution < 1.29 is 14.3 Å². The normalized spacial score (nSPS) is 9.79. The van der Waals surface area contributed by atoms with Gasteiger partial charge in [-0.2, -0.15) is 0 Å². The highest BCUT2D eigenvalue weighted by Gasteiger charge is 2.03. The molecule has 0 spiro atoms. The predicted octanol–water partition coefficient (Wildman–Crippen LogP) is 1.80. The van der Waals surface area contributed by atoms with Gasteiger partial charge in [-0.15, -0.1) is 0 Å². The molecule has 3 N–H and O–H groups in total. The molecule has 19 heavy (non-hydrogen) atoms. The molecule has 1 aromatic carbocycles. The van der Waals surface area contributed by atoms with Crippen LogP contribution in [0.15, 0.2) is 24.3 Å². The summed E-state index contributed by atoms with van der Waals surface area (Å²) in [6.07, 6.45) is 0.887. The number of ether oxygens (including phenoxy) is 1.